The maximum atomic E-state index is 12.9. The van der Waals surface area contributed by atoms with Gasteiger partial charge in [0, 0.05) is 26.2 Å². The molecule has 1 aliphatic rings. The first-order valence-electron chi connectivity index (χ1n) is 9.22. The lowest BCUT2D eigenvalue weighted by molar-refractivity contribution is -0.117. The number of hydrogen-bond acceptors (Lipinski definition) is 4. The van der Waals surface area contributed by atoms with Gasteiger partial charge in [0.05, 0.1) is 27.2 Å². The minimum absolute atomic E-state index is 0.138. The van der Waals surface area contributed by atoms with E-state index in [0.717, 1.165) is 11.1 Å². The third kappa shape index (κ3) is 5.10. The molecule has 1 N–H and O–H groups in total. The molecule has 0 aromatic heterocycles. The fourth-order valence-corrected chi connectivity index (χ4v) is 5.15. The molecule has 156 valence electrons. The molecule has 6 nitrogen and oxygen atoms in total. The zero-order valence-corrected chi connectivity index (χ0v) is 18.6. The summed E-state index contributed by atoms with van der Waals surface area (Å²) < 4.78 is 27.3. The highest BCUT2D eigenvalue weighted by Gasteiger charge is 2.29. The van der Waals surface area contributed by atoms with Crippen molar-refractivity contribution in [1.82, 2.24) is 9.21 Å². The molecule has 0 bridgehead atoms. The van der Waals surface area contributed by atoms with Gasteiger partial charge in [0.15, 0.2) is 0 Å². The average Bonchev–Trinajstić information content (AvgIpc) is 2.67. The number of piperazine rings is 1. The van der Waals surface area contributed by atoms with Crippen LogP contribution in [0.25, 0.3) is 0 Å². The number of amides is 1. The van der Waals surface area contributed by atoms with E-state index in [9.17, 15) is 13.2 Å². The van der Waals surface area contributed by atoms with E-state index < -0.39 is 10.0 Å². The number of rotatable bonds is 5. The number of aryl methyl sites for hydroxylation is 2. The lowest BCUT2D eigenvalue weighted by atomic mass is 10.1. The van der Waals surface area contributed by atoms with Gasteiger partial charge in [-0.1, -0.05) is 35.3 Å². The van der Waals surface area contributed by atoms with Gasteiger partial charge in [-0.05, 0) is 49.2 Å². The van der Waals surface area contributed by atoms with Crippen molar-refractivity contribution in [3.8, 4) is 0 Å². The number of halogens is 2. The van der Waals surface area contributed by atoms with E-state index in [4.69, 9.17) is 23.2 Å². The van der Waals surface area contributed by atoms with Crippen molar-refractivity contribution in [2.75, 3.05) is 38.0 Å². The highest BCUT2D eigenvalue weighted by atomic mass is 35.5. The van der Waals surface area contributed by atoms with Gasteiger partial charge in [-0.2, -0.15) is 4.31 Å². The van der Waals surface area contributed by atoms with Gasteiger partial charge in [-0.3, -0.25) is 9.69 Å². The summed E-state index contributed by atoms with van der Waals surface area (Å²) in [5, 5.41) is 3.47. The van der Waals surface area contributed by atoms with Crippen molar-refractivity contribution in [2.45, 2.75) is 18.7 Å². The molecule has 1 heterocycles. The van der Waals surface area contributed by atoms with Crippen molar-refractivity contribution in [3.63, 3.8) is 0 Å². The maximum absolute atomic E-state index is 12.9. The summed E-state index contributed by atoms with van der Waals surface area (Å²) in [6.45, 7) is 5.58. The Hall–Kier alpha value is -1.64. The van der Waals surface area contributed by atoms with E-state index in [1.54, 1.807) is 30.3 Å². The monoisotopic (exact) mass is 455 g/mol. The van der Waals surface area contributed by atoms with Crippen LogP contribution in [0.15, 0.2) is 41.3 Å². The van der Waals surface area contributed by atoms with E-state index in [0.29, 0.717) is 46.8 Å². The van der Waals surface area contributed by atoms with Gasteiger partial charge in [0.2, 0.25) is 15.9 Å². The number of carbonyl (C=O) groups is 1. The Morgan fingerprint density at radius 2 is 1.62 bits per heavy atom. The number of anilines is 1. The molecule has 1 fully saturated rings. The van der Waals surface area contributed by atoms with Crippen LogP contribution in [0, 0.1) is 13.8 Å². The first kappa shape index (κ1) is 22.1. The normalized spacial score (nSPS) is 16.0. The number of nitrogens with zero attached hydrogens (tertiary/aromatic N) is 2. The number of sulfonamides is 1. The van der Waals surface area contributed by atoms with Crippen LogP contribution in [0.4, 0.5) is 5.69 Å². The number of carbonyl (C=O) groups excluding carboxylic acids is 1. The second-order valence-electron chi connectivity index (χ2n) is 7.07. The summed E-state index contributed by atoms with van der Waals surface area (Å²) in [6.07, 6.45) is 0. The summed E-state index contributed by atoms with van der Waals surface area (Å²) in [4.78, 5) is 14.6. The molecule has 0 saturated carbocycles. The molecule has 1 saturated heterocycles. The van der Waals surface area contributed by atoms with Crippen LogP contribution < -0.4 is 5.32 Å². The Morgan fingerprint density at radius 3 is 2.21 bits per heavy atom. The molecule has 29 heavy (non-hydrogen) atoms. The number of nitrogens with one attached hydrogen (secondary N) is 1. The molecule has 9 heteroatoms. The molecular formula is C20H23Cl2N3O3S. The fraction of sp³-hybridized carbons (Fsp3) is 0.350. The predicted octanol–water partition coefficient (Wildman–Crippen LogP) is 3.56. The predicted molar refractivity (Wildman–Crippen MR) is 116 cm³/mol. The Balaban J connectivity index is 1.59. The summed E-state index contributed by atoms with van der Waals surface area (Å²) in [5.41, 5.74) is 2.38. The molecule has 2 aromatic carbocycles. The zero-order valence-electron chi connectivity index (χ0n) is 16.3. The summed E-state index contributed by atoms with van der Waals surface area (Å²) >= 11 is 12.2. The van der Waals surface area contributed by atoms with Crippen molar-refractivity contribution >= 4 is 44.8 Å². The van der Waals surface area contributed by atoms with Crippen LogP contribution in [-0.4, -0.2) is 56.3 Å². The largest absolute Gasteiger partial charge is 0.322 e. The minimum atomic E-state index is -3.54. The second-order valence-corrected chi connectivity index (χ2v) is 9.82. The first-order chi connectivity index (χ1) is 13.7. The first-order valence-corrected chi connectivity index (χ1v) is 11.4. The van der Waals surface area contributed by atoms with Gasteiger partial charge < -0.3 is 5.32 Å². The van der Waals surface area contributed by atoms with E-state index in [2.05, 4.69) is 5.32 Å². The molecule has 2 aromatic rings. The minimum Gasteiger partial charge on any atom is -0.322 e. The fourth-order valence-electron chi connectivity index (χ4n) is 3.15. The quantitative estimate of drug-likeness (QED) is 0.747. The Labute approximate surface area is 181 Å². The average molecular weight is 456 g/mol. The smallest absolute Gasteiger partial charge is 0.243 e. The highest BCUT2D eigenvalue weighted by molar-refractivity contribution is 7.89. The number of benzene rings is 2. The Morgan fingerprint density at radius 1 is 1.00 bits per heavy atom. The SMILES string of the molecule is Cc1ccc(S(=O)(=O)N2CCN(CC(=O)Nc3c(Cl)cccc3Cl)CC2)cc1C. The summed E-state index contributed by atoms with van der Waals surface area (Å²) in [6, 6.07) is 10.2. The lowest BCUT2D eigenvalue weighted by Gasteiger charge is -2.33. The lowest BCUT2D eigenvalue weighted by Crippen LogP contribution is -2.50. The van der Waals surface area contributed by atoms with E-state index in [1.165, 1.54) is 4.31 Å². The van der Waals surface area contributed by atoms with Crippen LogP contribution in [0.3, 0.4) is 0 Å². The van der Waals surface area contributed by atoms with Crippen molar-refractivity contribution in [3.05, 3.63) is 57.6 Å². The number of hydrogen-bond donors (Lipinski definition) is 1. The summed E-state index contributed by atoms with van der Waals surface area (Å²) in [5.74, 6) is -0.245. The van der Waals surface area contributed by atoms with Crippen LogP contribution in [0.2, 0.25) is 10.0 Å². The van der Waals surface area contributed by atoms with Gasteiger partial charge in [-0.15, -0.1) is 0 Å². The van der Waals surface area contributed by atoms with Gasteiger partial charge in [0.25, 0.3) is 0 Å². The molecule has 0 atom stereocenters. The van der Waals surface area contributed by atoms with Crippen LogP contribution in [0.1, 0.15) is 11.1 Å². The maximum Gasteiger partial charge on any atom is 0.243 e. The second kappa shape index (κ2) is 9.02. The van der Waals surface area contributed by atoms with Crippen LogP contribution in [-0.2, 0) is 14.8 Å². The molecule has 1 amide bonds. The van der Waals surface area contributed by atoms with E-state index >= 15 is 0 Å². The molecule has 0 spiro atoms. The van der Waals surface area contributed by atoms with Gasteiger partial charge >= 0.3 is 0 Å². The Kier molecular flexibility index (Phi) is 6.86. The van der Waals surface area contributed by atoms with Gasteiger partial charge in [-0.25, -0.2) is 8.42 Å². The molecule has 1 aliphatic heterocycles. The van der Waals surface area contributed by atoms with E-state index in [1.807, 2.05) is 24.8 Å². The Bertz CT molecular complexity index is 999. The molecular weight excluding hydrogens is 433 g/mol. The third-order valence-corrected chi connectivity index (χ3v) is 7.57. The molecule has 0 unspecified atom stereocenters. The van der Waals surface area contributed by atoms with E-state index in [-0.39, 0.29) is 12.5 Å². The molecule has 0 aliphatic carbocycles. The summed E-state index contributed by atoms with van der Waals surface area (Å²) in [7, 11) is -3.54. The zero-order chi connectivity index (χ0) is 21.2. The molecule has 0 radical (unpaired) electrons. The number of para-hydroxylation sites is 1. The van der Waals surface area contributed by atoms with Crippen molar-refractivity contribution < 1.29 is 13.2 Å². The topological polar surface area (TPSA) is 69.7 Å². The standard InChI is InChI=1S/C20H23Cl2N3O3S/c1-14-6-7-16(12-15(14)2)29(27,28)25-10-8-24(9-11-25)13-19(26)23-20-17(21)4-3-5-18(20)22/h3-7,12H,8-11,13H2,1-2H3,(H,23,26). The van der Waals surface area contributed by atoms with Crippen molar-refractivity contribution in [2.24, 2.45) is 0 Å². The van der Waals surface area contributed by atoms with Crippen LogP contribution in [0.5, 0.6) is 0 Å². The molecule has 3 rings (SSSR count). The highest BCUT2D eigenvalue weighted by Crippen LogP contribution is 2.29. The third-order valence-electron chi connectivity index (χ3n) is 5.04. The van der Waals surface area contributed by atoms with Crippen molar-refractivity contribution in [1.29, 1.82) is 0 Å². The van der Waals surface area contributed by atoms with Gasteiger partial charge in [0.1, 0.15) is 0 Å². The van der Waals surface area contributed by atoms with Crippen LogP contribution >= 0.6 is 23.2 Å².